The largest absolute Gasteiger partial charge is 0.268 e. The third-order valence-corrected chi connectivity index (χ3v) is 4.29. The molecule has 4 rings (SSSR count). The number of aromatic nitrogens is 2. The van der Waals surface area contributed by atoms with Crippen molar-refractivity contribution in [1.82, 2.24) is 9.78 Å². The maximum atomic E-state index is 12.6. The van der Waals surface area contributed by atoms with E-state index in [4.69, 9.17) is 0 Å². The number of hydrogen-bond acceptors (Lipinski definition) is 3. The third kappa shape index (κ3) is 1.67. The monoisotopic (exact) mass is 355 g/mol. The molecule has 0 saturated heterocycles. The highest BCUT2D eigenvalue weighted by Crippen LogP contribution is 2.33. The van der Waals surface area contributed by atoms with E-state index in [9.17, 15) is 9.59 Å². The van der Waals surface area contributed by atoms with E-state index in [2.05, 4.69) is 21.0 Å². The zero-order chi connectivity index (χ0) is 15.4. The number of benzene rings is 2. The zero-order valence-corrected chi connectivity index (χ0v) is 13.2. The number of imide groups is 1. The first-order valence-corrected chi connectivity index (χ1v) is 7.47. The van der Waals surface area contributed by atoms with Gasteiger partial charge < -0.3 is 0 Å². The van der Waals surface area contributed by atoms with Crippen molar-refractivity contribution in [1.29, 1.82) is 0 Å². The molecule has 2 heterocycles. The molecule has 0 N–H and O–H groups in total. The van der Waals surface area contributed by atoms with Gasteiger partial charge in [0.2, 0.25) is 0 Å². The normalized spacial score (nSPS) is 14.0. The van der Waals surface area contributed by atoms with Gasteiger partial charge in [-0.3, -0.25) is 14.3 Å². The van der Waals surface area contributed by atoms with Gasteiger partial charge >= 0.3 is 0 Å². The molecule has 0 aliphatic carbocycles. The highest BCUT2D eigenvalue weighted by Gasteiger charge is 2.38. The van der Waals surface area contributed by atoms with Crippen molar-refractivity contribution >= 4 is 44.5 Å². The van der Waals surface area contributed by atoms with E-state index in [1.54, 1.807) is 36.0 Å². The van der Waals surface area contributed by atoms with Crippen LogP contribution in [0.1, 0.15) is 20.7 Å². The van der Waals surface area contributed by atoms with Gasteiger partial charge in [-0.25, -0.2) is 4.90 Å². The second kappa shape index (κ2) is 4.51. The quantitative estimate of drug-likeness (QED) is 0.630. The number of nitrogens with zero attached hydrogens (tertiary/aromatic N) is 3. The Hall–Kier alpha value is -2.47. The lowest BCUT2D eigenvalue weighted by Gasteiger charge is -2.10. The summed E-state index contributed by atoms with van der Waals surface area (Å²) in [5.41, 5.74) is 1.69. The number of hydrogen-bond donors (Lipinski definition) is 0. The average Bonchev–Trinajstić information content (AvgIpc) is 2.96. The van der Waals surface area contributed by atoms with Gasteiger partial charge in [0.1, 0.15) is 0 Å². The van der Waals surface area contributed by atoms with E-state index in [1.807, 2.05) is 18.2 Å². The molecule has 0 radical (unpaired) electrons. The average molecular weight is 356 g/mol. The highest BCUT2D eigenvalue weighted by molar-refractivity contribution is 9.10. The van der Waals surface area contributed by atoms with Crippen LogP contribution < -0.4 is 4.90 Å². The molecule has 108 valence electrons. The molecular weight excluding hydrogens is 346 g/mol. The van der Waals surface area contributed by atoms with Crippen molar-refractivity contribution in [2.24, 2.45) is 7.05 Å². The molecule has 22 heavy (non-hydrogen) atoms. The van der Waals surface area contributed by atoms with E-state index in [1.165, 1.54) is 0 Å². The number of fused-ring (bicyclic) bond motifs is 2. The van der Waals surface area contributed by atoms with Gasteiger partial charge in [0.05, 0.1) is 16.6 Å². The van der Waals surface area contributed by atoms with Crippen LogP contribution in [-0.2, 0) is 7.05 Å². The van der Waals surface area contributed by atoms with E-state index in [0.717, 1.165) is 20.3 Å². The molecule has 2 amide bonds. The van der Waals surface area contributed by atoms with E-state index < -0.39 is 0 Å². The van der Waals surface area contributed by atoms with Crippen LogP contribution in [0.15, 0.2) is 46.9 Å². The molecule has 0 saturated carbocycles. The predicted octanol–water partition coefficient (Wildman–Crippen LogP) is 3.14. The Morgan fingerprint density at radius 3 is 2.27 bits per heavy atom. The summed E-state index contributed by atoms with van der Waals surface area (Å²) in [7, 11) is 1.79. The van der Waals surface area contributed by atoms with Crippen LogP contribution in [0.4, 0.5) is 5.82 Å². The number of carbonyl (C=O) groups is 2. The SMILES string of the molecule is Cn1nc(N2C(=O)c3ccccc3C2=O)c2ccc(Br)cc21. The number of carbonyl (C=O) groups excluding carboxylic acids is 2. The van der Waals surface area contributed by atoms with Crippen LogP contribution in [0.25, 0.3) is 10.9 Å². The third-order valence-electron chi connectivity index (χ3n) is 3.80. The summed E-state index contributed by atoms with van der Waals surface area (Å²) in [6.07, 6.45) is 0. The minimum atomic E-state index is -0.330. The number of rotatable bonds is 1. The van der Waals surface area contributed by atoms with Crippen LogP contribution >= 0.6 is 15.9 Å². The first kappa shape index (κ1) is 13.2. The fraction of sp³-hybridized carbons (Fsp3) is 0.0625. The van der Waals surface area contributed by atoms with Gasteiger partial charge in [-0.05, 0) is 30.3 Å². The number of anilines is 1. The predicted molar refractivity (Wildman–Crippen MR) is 86.0 cm³/mol. The minimum absolute atomic E-state index is 0.330. The Morgan fingerprint density at radius 2 is 1.64 bits per heavy atom. The van der Waals surface area contributed by atoms with Crippen molar-refractivity contribution in [3.05, 3.63) is 58.1 Å². The Labute approximate surface area is 134 Å². The Morgan fingerprint density at radius 1 is 1.00 bits per heavy atom. The molecule has 3 aromatic rings. The van der Waals surface area contributed by atoms with E-state index in [-0.39, 0.29) is 11.8 Å². The molecule has 0 bridgehead atoms. The standard InChI is InChI=1S/C16H10BrN3O2/c1-19-13-8-9(17)6-7-12(13)14(18-19)20-15(21)10-4-2-3-5-11(10)16(20)22/h2-8H,1H3. The van der Waals surface area contributed by atoms with Gasteiger partial charge in [0.25, 0.3) is 11.8 Å². The molecule has 0 spiro atoms. The molecule has 1 aromatic heterocycles. The fourth-order valence-corrected chi connectivity index (χ4v) is 3.11. The van der Waals surface area contributed by atoms with Gasteiger partial charge in [-0.2, -0.15) is 5.10 Å². The molecule has 1 aliphatic heterocycles. The minimum Gasteiger partial charge on any atom is -0.268 e. The summed E-state index contributed by atoms with van der Waals surface area (Å²) in [5, 5.41) is 5.14. The Kier molecular flexibility index (Phi) is 2.71. The van der Waals surface area contributed by atoms with Crippen LogP contribution in [0.5, 0.6) is 0 Å². The van der Waals surface area contributed by atoms with Crippen LogP contribution in [0.2, 0.25) is 0 Å². The summed E-state index contributed by atoms with van der Waals surface area (Å²) in [6.45, 7) is 0. The van der Waals surface area contributed by atoms with Crippen LogP contribution in [0, 0.1) is 0 Å². The maximum absolute atomic E-state index is 12.6. The molecule has 1 aliphatic rings. The zero-order valence-electron chi connectivity index (χ0n) is 11.6. The number of halogens is 1. The van der Waals surface area contributed by atoms with Crippen LogP contribution in [0.3, 0.4) is 0 Å². The Bertz CT molecular complexity index is 926. The Balaban J connectivity index is 1.94. The van der Waals surface area contributed by atoms with Gasteiger partial charge in [0.15, 0.2) is 5.82 Å². The summed E-state index contributed by atoms with van der Waals surface area (Å²) < 4.78 is 2.58. The summed E-state index contributed by atoms with van der Waals surface area (Å²) >= 11 is 3.42. The van der Waals surface area contributed by atoms with Crippen molar-refractivity contribution in [2.45, 2.75) is 0 Å². The van der Waals surface area contributed by atoms with Crippen molar-refractivity contribution in [3.8, 4) is 0 Å². The van der Waals surface area contributed by atoms with Crippen molar-refractivity contribution < 1.29 is 9.59 Å². The molecule has 0 fully saturated rings. The fourth-order valence-electron chi connectivity index (χ4n) is 2.76. The number of aryl methyl sites for hydroxylation is 1. The van der Waals surface area contributed by atoms with Crippen molar-refractivity contribution in [3.63, 3.8) is 0 Å². The molecular formula is C16H10BrN3O2. The smallest absolute Gasteiger partial charge is 0.267 e. The summed E-state index contributed by atoms with van der Waals surface area (Å²) in [6, 6.07) is 12.5. The molecule has 0 unspecified atom stereocenters. The molecule has 6 heteroatoms. The topological polar surface area (TPSA) is 55.2 Å². The summed E-state index contributed by atoms with van der Waals surface area (Å²) in [5.74, 6) is -0.289. The van der Waals surface area contributed by atoms with Crippen LogP contribution in [-0.4, -0.2) is 21.6 Å². The van der Waals surface area contributed by atoms with Gasteiger partial charge in [-0.15, -0.1) is 0 Å². The lowest BCUT2D eigenvalue weighted by Crippen LogP contribution is -2.30. The first-order chi connectivity index (χ1) is 10.6. The van der Waals surface area contributed by atoms with Gasteiger partial charge in [0, 0.05) is 16.9 Å². The molecule has 5 nitrogen and oxygen atoms in total. The van der Waals surface area contributed by atoms with E-state index >= 15 is 0 Å². The second-order valence-electron chi connectivity index (χ2n) is 5.10. The number of amides is 2. The second-order valence-corrected chi connectivity index (χ2v) is 6.02. The van der Waals surface area contributed by atoms with Crippen molar-refractivity contribution in [2.75, 3.05) is 4.90 Å². The van der Waals surface area contributed by atoms with Gasteiger partial charge in [-0.1, -0.05) is 28.1 Å². The lowest BCUT2D eigenvalue weighted by molar-refractivity contribution is 0.0925. The van der Waals surface area contributed by atoms with E-state index in [0.29, 0.717) is 16.9 Å². The molecule has 2 aromatic carbocycles. The lowest BCUT2D eigenvalue weighted by atomic mass is 10.1. The maximum Gasteiger partial charge on any atom is 0.267 e. The first-order valence-electron chi connectivity index (χ1n) is 6.68. The summed E-state index contributed by atoms with van der Waals surface area (Å²) in [4.78, 5) is 26.3. The highest BCUT2D eigenvalue weighted by atomic mass is 79.9. The molecule has 0 atom stereocenters.